The highest BCUT2D eigenvalue weighted by Crippen LogP contribution is 2.39. The second kappa shape index (κ2) is 5.96. The first kappa shape index (κ1) is 15.7. The van der Waals surface area contributed by atoms with Crippen molar-refractivity contribution < 1.29 is 13.2 Å². The van der Waals surface area contributed by atoms with Gasteiger partial charge in [0, 0.05) is 16.2 Å². The molecule has 2 atom stereocenters. The summed E-state index contributed by atoms with van der Waals surface area (Å²) in [5, 5.41) is 3.14. The number of hydrogen-bond donors (Lipinski definition) is 1. The first-order valence-electron chi connectivity index (χ1n) is 6.92. The lowest BCUT2D eigenvalue weighted by Crippen LogP contribution is -2.37. The Hall–Kier alpha value is -0.710. The molecule has 1 saturated carbocycles. The number of hydrogen-bond acceptors (Lipinski definition) is 1. The lowest BCUT2D eigenvalue weighted by Gasteiger charge is -2.36. The van der Waals surface area contributed by atoms with Crippen LogP contribution in [0.15, 0.2) is 22.7 Å². The Morgan fingerprint density at radius 2 is 1.75 bits per heavy atom. The first-order chi connectivity index (χ1) is 9.29. The molecule has 20 heavy (non-hydrogen) atoms. The molecule has 5 heteroatoms. The van der Waals surface area contributed by atoms with Gasteiger partial charge < -0.3 is 5.32 Å². The van der Waals surface area contributed by atoms with Gasteiger partial charge in [0.15, 0.2) is 0 Å². The molecule has 0 heterocycles. The van der Waals surface area contributed by atoms with Crippen LogP contribution < -0.4 is 5.32 Å². The SMILES string of the molecule is CC1CCCC(C)C1Nc1ccc(Br)cc1C(F)(F)F. The summed E-state index contributed by atoms with van der Waals surface area (Å²) in [5.74, 6) is 0.784. The van der Waals surface area contributed by atoms with Crippen molar-refractivity contribution >= 4 is 21.6 Å². The Morgan fingerprint density at radius 1 is 1.15 bits per heavy atom. The number of rotatable bonds is 2. The topological polar surface area (TPSA) is 12.0 Å². The minimum Gasteiger partial charge on any atom is -0.381 e. The zero-order chi connectivity index (χ0) is 14.9. The Kier molecular flexibility index (Phi) is 4.67. The lowest BCUT2D eigenvalue weighted by atomic mass is 9.78. The second-order valence-electron chi connectivity index (χ2n) is 5.74. The Bertz CT molecular complexity index is 463. The molecule has 112 valence electrons. The molecule has 1 aromatic carbocycles. The van der Waals surface area contributed by atoms with Crippen LogP contribution in [-0.4, -0.2) is 6.04 Å². The van der Waals surface area contributed by atoms with Crippen LogP contribution in [0, 0.1) is 11.8 Å². The maximum atomic E-state index is 13.1. The van der Waals surface area contributed by atoms with Crippen LogP contribution in [0.4, 0.5) is 18.9 Å². The van der Waals surface area contributed by atoms with Gasteiger partial charge >= 0.3 is 6.18 Å². The standard InChI is InChI=1S/C15H19BrF3N/c1-9-4-3-5-10(2)14(9)20-13-7-6-11(16)8-12(13)15(17,18)19/h6-10,14,20H,3-5H2,1-2H3. The van der Waals surface area contributed by atoms with Gasteiger partial charge in [-0.25, -0.2) is 0 Å². The highest BCUT2D eigenvalue weighted by Gasteiger charge is 2.35. The lowest BCUT2D eigenvalue weighted by molar-refractivity contribution is -0.137. The van der Waals surface area contributed by atoms with Crippen LogP contribution >= 0.6 is 15.9 Å². The normalized spacial score (nSPS) is 27.4. The largest absolute Gasteiger partial charge is 0.418 e. The van der Waals surface area contributed by atoms with E-state index < -0.39 is 11.7 Å². The van der Waals surface area contributed by atoms with Crippen LogP contribution in [0.3, 0.4) is 0 Å². The summed E-state index contributed by atoms with van der Waals surface area (Å²) in [6.07, 6.45) is -1.04. The van der Waals surface area contributed by atoms with E-state index in [4.69, 9.17) is 0 Å². The molecule has 1 nitrogen and oxygen atoms in total. The molecule has 0 aliphatic heterocycles. The summed E-state index contributed by atoms with van der Waals surface area (Å²) in [7, 11) is 0. The Morgan fingerprint density at radius 3 is 2.30 bits per heavy atom. The smallest absolute Gasteiger partial charge is 0.381 e. The third kappa shape index (κ3) is 3.48. The Balaban J connectivity index is 2.29. The summed E-state index contributed by atoms with van der Waals surface area (Å²) in [6, 6.07) is 4.41. The van der Waals surface area contributed by atoms with Gasteiger partial charge in [-0.2, -0.15) is 13.2 Å². The molecule has 2 rings (SSSR count). The quantitative estimate of drug-likeness (QED) is 0.721. The number of nitrogens with one attached hydrogen (secondary N) is 1. The Labute approximate surface area is 126 Å². The van der Waals surface area contributed by atoms with Gasteiger partial charge in [0.05, 0.1) is 5.56 Å². The summed E-state index contributed by atoms with van der Waals surface area (Å²) < 4.78 is 39.8. The van der Waals surface area contributed by atoms with Crippen LogP contribution in [0.2, 0.25) is 0 Å². The fourth-order valence-electron chi connectivity index (χ4n) is 3.02. The van der Waals surface area contributed by atoms with Crippen LogP contribution in [0.25, 0.3) is 0 Å². The van der Waals surface area contributed by atoms with E-state index >= 15 is 0 Å². The third-order valence-corrected chi connectivity index (χ3v) is 4.65. The van der Waals surface area contributed by atoms with Crippen molar-refractivity contribution in [1.82, 2.24) is 0 Å². The highest BCUT2D eigenvalue weighted by molar-refractivity contribution is 9.10. The minimum absolute atomic E-state index is 0.103. The molecule has 0 bridgehead atoms. The average Bonchev–Trinajstić information content (AvgIpc) is 2.34. The molecule has 1 aromatic rings. The predicted octanol–water partition coefficient (Wildman–Crippen LogP) is 5.70. The van der Waals surface area contributed by atoms with Crippen molar-refractivity contribution in [3.8, 4) is 0 Å². The average molecular weight is 350 g/mol. The van der Waals surface area contributed by atoms with E-state index in [9.17, 15) is 13.2 Å². The van der Waals surface area contributed by atoms with Gasteiger partial charge in [-0.15, -0.1) is 0 Å². The molecule has 2 unspecified atom stereocenters. The van der Waals surface area contributed by atoms with Crippen LogP contribution in [0.5, 0.6) is 0 Å². The van der Waals surface area contributed by atoms with Crippen molar-refractivity contribution in [2.75, 3.05) is 5.32 Å². The molecule has 0 saturated heterocycles. The molecule has 0 amide bonds. The van der Waals surface area contributed by atoms with Gasteiger partial charge in [-0.05, 0) is 42.9 Å². The summed E-state index contributed by atoms with van der Waals surface area (Å²) in [6.45, 7) is 4.22. The number of alkyl halides is 3. The van der Waals surface area contributed by atoms with Gasteiger partial charge in [0.1, 0.15) is 0 Å². The van der Waals surface area contributed by atoms with Crippen molar-refractivity contribution in [1.29, 1.82) is 0 Å². The van der Waals surface area contributed by atoms with E-state index in [-0.39, 0.29) is 11.7 Å². The number of halogens is 4. The van der Waals surface area contributed by atoms with Gasteiger partial charge in [-0.3, -0.25) is 0 Å². The van der Waals surface area contributed by atoms with Crippen LogP contribution in [0.1, 0.15) is 38.7 Å². The third-order valence-electron chi connectivity index (χ3n) is 4.15. The van der Waals surface area contributed by atoms with E-state index in [0.717, 1.165) is 25.3 Å². The maximum Gasteiger partial charge on any atom is 0.418 e. The van der Waals surface area contributed by atoms with Gasteiger partial charge in [0.25, 0.3) is 0 Å². The van der Waals surface area contributed by atoms with E-state index in [1.165, 1.54) is 6.07 Å². The van der Waals surface area contributed by atoms with E-state index in [0.29, 0.717) is 16.3 Å². The van der Waals surface area contributed by atoms with Crippen molar-refractivity contribution in [3.05, 3.63) is 28.2 Å². The summed E-state index contributed by atoms with van der Waals surface area (Å²) in [5.41, 5.74) is -0.414. The van der Waals surface area contributed by atoms with E-state index in [2.05, 4.69) is 35.1 Å². The molecule has 1 N–H and O–H groups in total. The number of anilines is 1. The molecule has 0 radical (unpaired) electrons. The maximum absolute atomic E-state index is 13.1. The first-order valence-corrected chi connectivity index (χ1v) is 7.71. The van der Waals surface area contributed by atoms with Crippen molar-refractivity contribution in [2.45, 2.75) is 45.3 Å². The second-order valence-corrected chi connectivity index (χ2v) is 6.66. The molecular formula is C15H19BrF3N. The zero-order valence-corrected chi connectivity index (χ0v) is 13.2. The number of benzene rings is 1. The van der Waals surface area contributed by atoms with Crippen molar-refractivity contribution in [2.24, 2.45) is 11.8 Å². The molecule has 1 fully saturated rings. The van der Waals surface area contributed by atoms with E-state index in [1.807, 2.05) is 0 Å². The summed E-state index contributed by atoms with van der Waals surface area (Å²) >= 11 is 3.11. The fraction of sp³-hybridized carbons (Fsp3) is 0.600. The fourth-order valence-corrected chi connectivity index (χ4v) is 3.38. The predicted molar refractivity (Wildman–Crippen MR) is 78.7 cm³/mol. The molecule has 1 aliphatic carbocycles. The van der Waals surface area contributed by atoms with Crippen molar-refractivity contribution in [3.63, 3.8) is 0 Å². The monoisotopic (exact) mass is 349 g/mol. The summed E-state index contributed by atoms with van der Waals surface area (Å²) in [4.78, 5) is 0. The zero-order valence-electron chi connectivity index (χ0n) is 11.6. The van der Waals surface area contributed by atoms with Crippen LogP contribution in [-0.2, 0) is 6.18 Å². The molecular weight excluding hydrogens is 331 g/mol. The highest BCUT2D eigenvalue weighted by atomic mass is 79.9. The molecule has 0 aromatic heterocycles. The van der Waals surface area contributed by atoms with Gasteiger partial charge in [-0.1, -0.05) is 36.2 Å². The van der Waals surface area contributed by atoms with Gasteiger partial charge in [0.2, 0.25) is 0 Å². The van der Waals surface area contributed by atoms with E-state index in [1.54, 1.807) is 6.07 Å². The molecule has 0 spiro atoms. The minimum atomic E-state index is -4.34. The molecule has 1 aliphatic rings.